The highest BCUT2D eigenvalue weighted by Crippen LogP contribution is 2.63. The van der Waals surface area contributed by atoms with Crippen LogP contribution in [-0.2, 0) is 4.79 Å². The molecule has 0 aliphatic heterocycles. The van der Waals surface area contributed by atoms with E-state index in [0.717, 1.165) is 6.42 Å². The molecule has 74 valence electrons. The average molecular weight is 181 g/mol. The third-order valence-corrected chi connectivity index (χ3v) is 4.84. The topological polar surface area (TPSA) is 29.1 Å². The van der Waals surface area contributed by atoms with Gasteiger partial charge in [0, 0.05) is 5.41 Å². The second kappa shape index (κ2) is 2.35. The maximum atomic E-state index is 12.1. The van der Waals surface area contributed by atoms with Crippen molar-refractivity contribution in [1.29, 1.82) is 0 Å². The fraction of sp³-hybridized carbons (Fsp3) is 0.909. The van der Waals surface area contributed by atoms with Gasteiger partial charge in [-0.1, -0.05) is 20.8 Å². The zero-order valence-corrected chi connectivity index (χ0v) is 8.98. The standard InChI is InChI=1S/C11H19NO/c1-10(2)7-5-6-11(10,3)9(13)8(7)12-4/h7-8,12H,5-6H2,1-4H3/t7-,8+,11+/m1/s1. The number of hydrogen-bond acceptors (Lipinski definition) is 2. The van der Waals surface area contributed by atoms with Crippen LogP contribution in [0.5, 0.6) is 0 Å². The Kier molecular flexibility index (Phi) is 1.66. The Hall–Kier alpha value is -0.370. The van der Waals surface area contributed by atoms with Crippen molar-refractivity contribution in [3.63, 3.8) is 0 Å². The van der Waals surface area contributed by atoms with Crippen LogP contribution in [0.15, 0.2) is 0 Å². The first-order chi connectivity index (χ1) is 5.95. The predicted octanol–water partition coefficient (Wildman–Crippen LogP) is 1.60. The van der Waals surface area contributed by atoms with Crippen LogP contribution in [-0.4, -0.2) is 18.9 Å². The number of likely N-dealkylation sites (N-methyl/N-ethyl adjacent to an activating group) is 1. The van der Waals surface area contributed by atoms with Gasteiger partial charge in [0.05, 0.1) is 6.04 Å². The summed E-state index contributed by atoms with van der Waals surface area (Å²) in [5, 5.41) is 3.18. The van der Waals surface area contributed by atoms with Gasteiger partial charge in [0.1, 0.15) is 0 Å². The van der Waals surface area contributed by atoms with Gasteiger partial charge in [0.25, 0.3) is 0 Å². The van der Waals surface area contributed by atoms with E-state index in [4.69, 9.17) is 0 Å². The molecule has 2 saturated carbocycles. The summed E-state index contributed by atoms with van der Waals surface area (Å²) in [6.45, 7) is 6.65. The normalized spacial score (nSPS) is 47.2. The quantitative estimate of drug-likeness (QED) is 0.665. The zero-order valence-electron chi connectivity index (χ0n) is 8.98. The minimum Gasteiger partial charge on any atom is -0.310 e. The van der Waals surface area contributed by atoms with Crippen LogP contribution >= 0.6 is 0 Å². The highest BCUT2D eigenvalue weighted by molar-refractivity contribution is 5.94. The van der Waals surface area contributed by atoms with Crippen molar-refractivity contribution < 1.29 is 4.79 Å². The summed E-state index contributed by atoms with van der Waals surface area (Å²) in [4.78, 5) is 12.1. The van der Waals surface area contributed by atoms with E-state index in [1.165, 1.54) is 6.42 Å². The molecule has 0 amide bonds. The van der Waals surface area contributed by atoms with Gasteiger partial charge in [-0.15, -0.1) is 0 Å². The minimum absolute atomic E-state index is 0.0641. The molecule has 0 saturated heterocycles. The molecule has 2 heteroatoms. The molecule has 2 aliphatic rings. The number of Topliss-reactive ketones (excluding diaryl/α,β-unsaturated/α-hetero) is 1. The van der Waals surface area contributed by atoms with E-state index in [-0.39, 0.29) is 16.9 Å². The number of ketones is 1. The highest BCUT2D eigenvalue weighted by atomic mass is 16.1. The molecule has 0 unspecified atom stereocenters. The molecule has 2 rings (SSSR count). The molecule has 0 radical (unpaired) electrons. The Morgan fingerprint density at radius 1 is 1.38 bits per heavy atom. The maximum absolute atomic E-state index is 12.1. The third kappa shape index (κ3) is 0.804. The Morgan fingerprint density at radius 3 is 2.31 bits per heavy atom. The molecule has 2 nitrogen and oxygen atoms in total. The van der Waals surface area contributed by atoms with Crippen LogP contribution in [0.1, 0.15) is 33.6 Å². The number of carbonyl (C=O) groups excluding carboxylic acids is 1. The van der Waals surface area contributed by atoms with Gasteiger partial charge in [0.15, 0.2) is 5.78 Å². The Labute approximate surface area is 80.1 Å². The van der Waals surface area contributed by atoms with Crippen molar-refractivity contribution in [1.82, 2.24) is 5.32 Å². The van der Waals surface area contributed by atoms with E-state index in [1.807, 2.05) is 7.05 Å². The lowest BCUT2D eigenvalue weighted by Gasteiger charge is -2.32. The molecule has 0 aromatic carbocycles. The van der Waals surface area contributed by atoms with E-state index in [2.05, 4.69) is 26.1 Å². The maximum Gasteiger partial charge on any atom is 0.156 e. The van der Waals surface area contributed by atoms with Crippen LogP contribution in [0.25, 0.3) is 0 Å². The zero-order chi connectivity index (χ0) is 9.85. The summed E-state index contributed by atoms with van der Waals surface area (Å²) in [6.07, 6.45) is 2.29. The first-order valence-corrected chi connectivity index (χ1v) is 5.17. The third-order valence-electron chi connectivity index (χ3n) is 4.84. The SMILES string of the molecule is CN[C@@H]1C(=O)[C@]2(C)CC[C@H]1C2(C)C. The second-order valence-corrected chi connectivity index (χ2v) is 5.33. The van der Waals surface area contributed by atoms with Crippen molar-refractivity contribution in [3.05, 3.63) is 0 Å². The molecule has 13 heavy (non-hydrogen) atoms. The van der Waals surface area contributed by atoms with Gasteiger partial charge in [-0.2, -0.15) is 0 Å². The first kappa shape index (κ1) is 9.20. The molecule has 2 bridgehead atoms. The Balaban J connectivity index is 2.44. The number of nitrogens with one attached hydrogen (secondary N) is 1. The van der Waals surface area contributed by atoms with E-state index in [0.29, 0.717) is 11.7 Å². The Bertz CT molecular complexity index is 259. The molecule has 2 aliphatic carbocycles. The number of hydrogen-bond donors (Lipinski definition) is 1. The van der Waals surface area contributed by atoms with Gasteiger partial charge in [-0.05, 0) is 31.2 Å². The van der Waals surface area contributed by atoms with Crippen LogP contribution in [0.2, 0.25) is 0 Å². The second-order valence-electron chi connectivity index (χ2n) is 5.33. The molecular weight excluding hydrogens is 162 g/mol. The average Bonchev–Trinajstić information content (AvgIpc) is 2.36. The van der Waals surface area contributed by atoms with E-state index < -0.39 is 0 Å². The fourth-order valence-corrected chi connectivity index (χ4v) is 3.42. The molecule has 1 N–H and O–H groups in total. The summed E-state index contributed by atoms with van der Waals surface area (Å²) in [6, 6.07) is 0.119. The van der Waals surface area contributed by atoms with Gasteiger partial charge >= 0.3 is 0 Å². The van der Waals surface area contributed by atoms with Crippen molar-refractivity contribution in [3.8, 4) is 0 Å². The summed E-state index contributed by atoms with van der Waals surface area (Å²) in [5.41, 5.74) is 0.128. The first-order valence-electron chi connectivity index (χ1n) is 5.17. The number of carbonyl (C=O) groups is 1. The largest absolute Gasteiger partial charge is 0.310 e. The van der Waals surface area contributed by atoms with E-state index >= 15 is 0 Å². The summed E-state index contributed by atoms with van der Waals surface area (Å²) < 4.78 is 0. The van der Waals surface area contributed by atoms with Crippen LogP contribution in [0.4, 0.5) is 0 Å². The number of rotatable bonds is 1. The van der Waals surface area contributed by atoms with Crippen molar-refractivity contribution in [2.75, 3.05) is 7.05 Å². The lowest BCUT2D eigenvalue weighted by Crippen LogP contribution is -2.41. The summed E-state index contributed by atoms with van der Waals surface area (Å²) in [7, 11) is 1.91. The van der Waals surface area contributed by atoms with Gasteiger partial charge in [-0.3, -0.25) is 4.79 Å². The lowest BCUT2D eigenvalue weighted by atomic mass is 9.70. The Morgan fingerprint density at radius 2 is 2.00 bits per heavy atom. The molecule has 0 aromatic rings. The van der Waals surface area contributed by atoms with Crippen molar-refractivity contribution in [2.24, 2.45) is 16.7 Å². The predicted molar refractivity (Wildman–Crippen MR) is 52.5 cm³/mol. The van der Waals surface area contributed by atoms with Gasteiger partial charge in [-0.25, -0.2) is 0 Å². The molecule has 0 spiro atoms. The van der Waals surface area contributed by atoms with E-state index in [1.54, 1.807) is 0 Å². The van der Waals surface area contributed by atoms with Crippen molar-refractivity contribution in [2.45, 2.75) is 39.7 Å². The van der Waals surface area contributed by atoms with Crippen LogP contribution in [0.3, 0.4) is 0 Å². The van der Waals surface area contributed by atoms with Crippen LogP contribution < -0.4 is 5.32 Å². The molecule has 3 atom stereocenters. The summed E-state index contributed by atoms with van der Waals surface area (Å²) >= 11 is 0. The minimum atomic E-state index is -0.0641. The fourth-order valence-electron chi connectivity index (χ4n) is 3.42. The van der Waals surface area contributed by atoms with Crippen molar-refractivity contribution >= 4 is 5.78 Å². The highest BCUT2D eigenvalue weighted by Gasteiger charge is 2.65. The molecular formula is C11H19NO. The number of fused-ring (bicyclic) bond motifs is 2. The van der Waals surface area contributed by atoms with E-state index in [9.17, 15) is 4.79 Å². The summed E-state index contributed by atoms with van der Waals surface area (Å²) in [5.74, 6) is 0.992. The lowest BCUT2D eigenvalue weighted by molar-refractivity contribution is -0.129. The molecule has 0 heterocycles. The van der Waals surface area contributed by atoms with Gasteiger partial charge in [0.2, 0.25) is 0 Å². The monoisotopic (exact) mass is 181 g/mol. The molecule has 2 fully saturated rings. The smallest absolute Gasteiger partial charge is 0.156 e. The molecule has 0 aromatic heterocycles. The van der Waals surface area contributed by atoms with Gasteiger partial charge < -0.3 is 5.32 Å². The van der Waals surface area contributed by atoms with Crippen LogP contribution in [0, 0.1) is 16.7 Å².